The fourth-order valence-corrected chi connectivity index (χ4v) is 1.87. The van der Waals surface area contributed by atoms with Gasteiger partial charge in [0.1, 0.15) is 11.6 Å². The van der Waals surface area contributed by atoms with Crippen molar-refractivity contribution >= 4 is 11.5 Å². The van der Waals surface area contributed by atoms with E-state index in [1.54, 1.807) is 16.6 Å². The van der Waals surface area contributed by atoms with E-state index in [4.69, 9.17) is 5.73 Å². The van der Waals surface area contributed by atoms with E-state index in [1.165, 1.54) is 12.1 Å². The van der Waals surface area contributed by atoms with Gasteiger partial charge in [-0.1, -0.05) is 18.2 Å². The van der Waals surface area contributed by atoms with Crippen molar-refractivity contribution in [3.8, 4) is 0 Å². The molecular formula is C13H11FN4. The molecule has 0 atom stereocenters. The molecule has 3 rings (SSSR count). The number of fused-ring (bicyclic) bond motifs is 1. The third-order valence-electron chi connectivity index (χ3n) is 2.68. The molecule has 5 heteroatoms. The summed E-state index contributed by atoms with van der Waals surface area (Å²) < 4.78 is 14.7. The van der Waals surface area contributed by atoms with Gasteiger partial charge < -0.3 is 5.73 Å². The van der Waals surface area contributed by atoms with Crippen LogP contribution in [0.1, 0.15) is 11.4 Å². The van der Waals surface area contributed by atoms with Gasteiger partial charge in [-0.15, -0.1) is 5.10 Å². The number of aromatic nitrogens is 3. The van der Waals surface area contributed by atoms with Crippen LogP contribution in [0.2, 0.25) is 0 Å². The van der Waals surface area contributed by atoms with Crippen LogP contribution in [0.5, 0.6) is 0 Å². The third-order valence-corrected chi connectivity index (χ3v) is 2.68. The molecule has 90 valence electrons. The minimum Gasteiger partial charge on any atom is -0.384 e. The molecule has 0 fully saturated rings. The van der Waals surface area contributed by atoms with Crippen molar-refractivity contribution in [1.82, 2.24) is 14.6 Å². The minimum atomic E-state index is -0.254. The van der Waals surface area contributed by atoms with Crippen molar-refractivity contribution in [2.45, 2.75) is 6.42 Å². The molecule has 2 aromatic heterocycles. The molecule has 2 heterocycles. The lowest BCUT2D eigenvalue weighted by atomic mass is 10.1. The molecule has 0 saturated heterocycles. The number of nitrogens with zero attached hydrogens (tertiary/aromatic N) is 3. The Balaban J connectivity index is 1.98. The van der Waals surface area contributed by atoms with Crippen molar-refractivity contribution in [1.29, 1.82) is 0 Å². The summed E-state index contributed by atoms with van der Waals surface area (Å²) in [6.45, 7) is 0. The van der Waals surface area contributed by atoms with E-state index >= 15 is 0 Å². The summed E-state index contributed by atoms with van der Waals surface area (Å²) in [4.78, 5) is 4.35. The fourth-order valence-electron chi connectivity index (χ4n) is 1.87. The number of pyridine rings is 1. The van der Waals surface area contributed by atoms with Gasteiger partial charge in [0.2, 0.25) is 0 Å². The smallest absolute Gasteiger partial charge is 0.157 e. The largest absolute Gasteiger partial charge is 0.384 e. The van der Waals surface area contributed by atoms with Crippen LogP contribution in [-0.4, -0.2) is 14.6 Å². The number of benzene rings is 1. The number of halogens is 1. The van der Waals surface area contributed by atoms with Gasteiger partial charge in [0.15, 0.2) is 11.5 Å². The first-order valence-corrected chi connectivity index (χ1v) is 5.57. The molecule has 18 heavy (non-hydrogen) atoms. The van der Waals surface area contributed by atoms with Crippen molar-refractivity contribution in [3.05, 3.63) is 59.7 Å². The van der Waals surface area contributed by atoms with Gasteiger partial charge in [-0.2, -0.15) is 4.52 Å². The van der Waals surface area contributed by atoms with Crippen molar-refractivity contribution in [3.63, 3.8) is 0 Å². The maximum Gasteiger partial charge on any atom is 0.157 e. The zero-order chi connectivity index (χ0) is 12.5. The third kappa shape index (κ3) is 1.90. The molecule has 3 aromatic rings. The fraction of sp³-hybridized carbons (Fsp3) is 0.0769. The highest BCUT2D eigenvalue weighted by atomic mass is 19.1. The summed E-state index contributed by atoms with van der Waals surface area (Å²) in [5, 5.41) is 4.30. The highest BCUT2D eigenvalue weighted by Gasteiger charge is 2.06. The van der Waals surface area contributed by atoms with Crippen LogP contribution >= 0.6 is 0 Å². The Morgan fingerprint density at radius 1 is 1.17 bits per heavy atom. The first kappa shape index (κ1) is 10.7. The molecule has 0 aliphatic heterocycles. The standard InChI is InChI=1S/C13H11FN4/c14-10-4-1-3-9(7-10)8-12-16-13-6-2-5-11(15)18(13)17-12/h1-7H,8,15H2. The maximum absolute atomic E-state index is 13.1. The average molecular weight is 242 g/mol. The number of rotatable bonds is 2. The van der Waals surface area contributed by atoms with Crippen molar-refractivity contribution < 1.29 is 4.39 Å². The molecular weight excluding hydrogens is 231 g/mol. The van der Waals surface area contributed by atoms with E-state index in [9.17, 15) is 4.39 Å². The molecule has 0 aliphatic rings. The Morgan fingerprint density at radius 2 is 2.00 bits per heavy atom. The number of nitrogen functional groups attached to an aromatic ring is 1. The summed E-state index contributed by atoms with van der Waals surface area (Å²) in [6, 6.07) is 11.8. The minimum absolute atomic E-state index is 0.254. The summed E-state index contributed by atoms with van der Waals surface area (Å²) in [5.74, 6) is 0.903. The molecule has 0 saturated carbocycles. The van der Waals surface area contributed by atoms with Gasteiger partial charge >= 0.3 is 0 Å². The van der Waals surface area contributed by atoms with E-state index in [1.807, 2.05) is 18.2 Å². The van der Waals surface area contributed by atoms with E-state index in [-0.39, 0.29) is 5.82 Å². The Labute approximate surface area is 103 Å². The second-order valence-corrected chi connectivity index (χ2v) is 4.06. The lowest BCUT2D eigenvalue weighted by Crippen LogP contribution is -1.98. The summed E-state index contributed by atoms with van der Waals surface area (Å²) in [6.07, 6.45) is 0.485. The number of hydrogen-bond acceptors (Lipinski definition) is 3. The molecule has 1 aromatic carbocycles. The van der Waals surface area contributed by atoms with E-state index in [0.29, 0.717) is 23.7 Å². The monoisotopic (exact) mass is 242 g/mol. The van der Waals surface area contributed by atoms with E-state index < -0.39 is 0 Å². The molecule has 0 radical (unpaired) electrons. The molecule has 0 bridgehead atoms. The van der Waals surface area contributed by atoms with Crippen LogP contribution in [-0.2, 0) is 6.42 Å². The Bertz CT molecular complexity index is 705. The van der Waals surface area contributed by atoms with E-state index in [2.05, 4.69) is 10.1 Å². The molecule has 0 spiro atoms. The van der Waals surface area contributed by atoms with Gasteiger partial charge in [0, 0.05) is 6.42 Å². The molecule has 2 N–H and O–H groups in total. The highest BCUT2D eigenvalue weighted by Crippen LogP contribution is 2.11. The van der Waals surface area contributed by atoms with Crippen LogP contribution in [0.25, 0.3) is 5.65 Å². The summed E-state index contributed by atoms with van der Waals surface area (Å²) >= 11 is 0. The van der Waals surface area contributed by atoms with Crippen molar-refractivity contribution in [2.24, 2.45) is 0 Å². The molecule has 0 aliphatic carbocycles. The van der Waals surface area contributed by atoms with Gasteiger partial charge in [0.05, 0.1) is 0 Å². The lowest BCUT2D eigenvalue weighted by molar-refractivity contribution is 0.626. The average Bonchev–Trinajstić information content (AvgIpc) is 2.73. The SMILES string of the molecule is Nc1cccc2nc(Cc3cccc(F)c3)nn12. The second kappa shape index (κ2) is 4.10. The van der Waals surface area contributed by atoms with Crippen molar-refractivity contribution in [2.75, 3.05) is 5.73 Å². The van der Waals surface area contributed by atoms with Crippen LogP contribution in [0.3, 0.4) is 0 Å². The molecule has 0 unspecified atom stereocenters. The van der Waals surface area contributed by atoms with E-state index in [0.717, 1.165) is 5.56 Å². The molecule has 4 nitrogen and oxygen atoms in total. The topological polar surface area (TPSA) is 56.2 Å². The van der Waals surface area contributed by atoms with Gasteiger partial charge in [-0.05, 0) is 29.8 Å². The first-order chi connectivity index (χ1) is 8.72. The van der Waals surface area contributed by atoms with Gasteiger partial charge in [-0.25, -0.2) is 9.37 Å². The first-order valence-electron chi connectivity index (χ1n) is 5.57. The van der Waals surface area contributed by atoms with Gasteiger partial charge in [0.25, 0.3) is 0 Å². The Kier molecular flexibility index (Phi) is 2.44. The van der Waals surface area contributed by atoms with Gasteiger partial charge in [-0.3, -0.25) is 0 Å². The number of anilines is 1. The van der Waals surface area contributed by atoms with Crippen LogP contribution in [0.4, 0.5) is 10.2 Å². The quantitative estimate of drug-likeness (QED) is 0.748. The maximum atomic E-state index is 13.1. The zero-order valence-corrected chi connectivity index (χ0v) is 9.55. The predicted octanol–water partition coefficient (Wildman–Crippen LogP) is 2.04. The molecule has 0 amide bonds. The van der Waals surface area contributed by atoms with Crippen LogP contribution < -0.4 is 5.73 Å². The Morgan fingerprint density at radius 3 is 2.78 bits per heavy atom. The van der Waals surface area contributed by atoms with Crippen LogP contribution in [0, 0.1) is 5.82 Å². The van der Waals surface area contributed by atoms with Crippen LogP contribution in [0.15, 0.2) is 42.5 Å². The zero-order valence-electron chi connectivity index (χ0n) is 9.55. The summed E-state index contributed by atoms with van der Waals surface area (Å²) in [7, 11) is 0. The predicted molar refractivity (Wildman–Crippen MR) is 66.6 cm³/mol. The second-order valence-electron chi connectivity index (χ2n) is 4.06. The summed E-state index contributed by atoms with van der Waals surface area (Å²) in [5.41, 5.74) is 7.32. The number of nitrogens with two attached hydrogens (primary N) is 1. The lowest BCUT2D eigenvalue weighted by Gasteiger charge is -1.96. The Hall–Kier alpha value is -2.43. The normalized spacial score (nSPS) is 10.9. The number of hydrogen-bond donors (Lipinski definition) is 1. The highest BCUT2D eigenvalue weighted by molar-refractivity contribution is 5.46.